The molecule has 2 aromatic rings. The molecule has 0 aromatic heterocycles. The summed E-state index contributed by atoms with van der Waals surface area (Å²) in [6, 6.07) is 10.7. The lowest BCUT2D eigenvalue weighted by atomic mass is 10.0. The molecule has 3 rings (SSSR count). The number of ether oxygens (including phenoxy) is 1. The number of benzene rings is 2. The molecule has 0 aliphatic carbocycles. The molecule has 1 heterocycles. The SMILES string of the molecule is COC(=O)N1CCc2cc(C(C)NC(=O)/C=C/c3ccc(Cl)cc3Cl)ccc21. The highest BCUT2D eigenvalue weighted by Gasteiger charge is 2.25. The lowest BCUT2D eigenvalue weighted by molar-refractivity contribution is -0.117. The molecule has 0 saturated heterocycles. The van der Waals surface area contributed by atoms with Crippen LogP contribution in [-0.2, 0) is 16.0 Å². The molecule has 7 heteroatoms. The van der Waals surface area contributed by atoms with Crippen LogP contribution in [0.4, 0.5) is 10.5 Å². The Kier molecular flexibility index (Phi) is 6.27. The highest BCUT2D eigenvalue weighted by Crippen LogP contribution is 2.31. The quantitative estimate of drug-likeness (QED) is 0.709. The third-order valence-corrected chi connectivity index (χ3v) is 5.19. The van der Waals surface area contributed by atoms with Crippen LogP contribution < -0.4 is 10.2 Å². The lowest BCUT2D eigenvalue weighted by Gasteiger charge is -2.17. The van der Waals surface area contributed by atoms with Gasteiger partial charge in [-0.1, -0.05) is 41.4 Å². The number of hydrogen-bond donors (Lipinski definition) is 1. The van der Waals surface area contributed by atoms with E-state index in [9.17, 15) is 9.59 Å². The Labute approximate surface area is 173 Å². The minimum Gasteiger partial charge on any atom is -0.452 e. The topological polar surface area (TPSA) is 58.6 Å². The zero-order valence-corrected chi connectivity index (χ0v) is 17.1. The van der Waals surface area contributed by atoms with Gasteiger partial charge in [0.05, 0.1) is 18.8 Å². The van der Waals surface area contributed by atoms with Gasteiger partial charge in [-0.05, 0) is 54.3 Å². The molecule has 0 bridgehead atoms. The summed E-state index contributed by atoms with van der Waals surface area (Å²) < 4.78 is 4.81. The summed E-state index contributed by atoms with van der Waals surface area (Å²) in [5.74, 6) is -0.227. The molecule has 5 nitrogen and oxygen atoms in total. The third-order valence-electron chi connectivity index (χ3n) is 4.63. The standard InChI is InChI=1S/C21H20Cl2N2O3/c1-13(24-20(26)8-5-14-3-6-17(22)12-18(14)23)15-4-7-19-16(11-15)9-10-25(19)21(27)28-2/h3-8,11-13H,9-10H2,1-2H3,(H,24,26)/b8-5+. The van der Waals surface area contributed by atoms with E-state index in [0.717, 1.165) is 23.2 Å². The predicted octanol–water partition coefficient (Wildman–Crippen LogP) is 5.01. The van der Waals surface area contributed by atoms with Crippen molar-refractivity contribution in [2.24, 2.45) is 0 Å². The molecule has 2 amide bonds. The number of nitrogens with one attached hydrogen (secondary N) is 1. The van der Waals surface area contributed by atoms with E-state index >= 15 is 0 Å². The highest BCUT2D eigenvalue weighted by atomic mass is 35.5. The predicted molar refractivity (Wildman–Crippen MR) is 112 cm³/mol. The Morgan fingerprint density at radius 1 is 1.21 bits per heavy atom. The number of nitrogens with zero attached hydrogens (tertiary/aromatic N) is 1. The summed E-state index contributed by atoms with van der Waals surface area (Å²) >= 11 is 12.0. The van der Waals surface area contributed by atoms with E-state index in [4.69, 9.17) is 27.9 Å². The maximum Gasteiger partial charge on any atom is 0.414 e. The van der Waals surface area contributed by atoms with E-state index < -0.39 is 0 Å². The molecule has 1 unspecified atom stereocenters. The number of carbonyl (C=O) groups excluding carboxylic acids is 2. The minimum atomic E-state index is -0.362. The van der Waals surface area contributed by atoms with Gasteiger partial charge in [0.15, 0.2) is 0 Å². The van der Waals surface area contributed by atoms with Crippen LogP contribution in [0.3, 0.4) is 0 Å². The van der Waals surface area contributed by atoms with Crippen LogP contribution in [0.5, 0.6) is 0 Å². The van der Waals surface area contributed by atoms with Crippen LogP contribution >= 0.6 is 23.2 Å². The van der Waals surface area contributed by atoms with Crippen molar-refractivity contribution in [3.05, 3.63) is 69.2 Å². The molecule has 1 atom stereocenters. The van der Waals surface area contributed by atoms with Crippen molar-refractivity contribution in [2.75, 3.05) is 18.6 Å². The van der Waals surface area contributed by atoms with Gasteiger partial charge >= 0.3 is 6.09 Å². The number of amides is 2. The number of anilines is 1. The van der Waals surface area contributed by atoms with Crippen LogP contribution in [0.2, 0.25) is 10.0 Å². The molecular weight excluding hydrogens is 399 g/mol. The number of rotatable bonds is 4. The number of hydrogen-bond acceptors (Lipinski definition) is 3. The smallest absolute Gasteiger partial charge is 0.414 e. The van der Waals surface area contributed by atoms with E-state index in [2.05, 4.69) is 5.32 Å². The average Bonchev–Trinajstić information content (AvgIpc) is 3.09. The van der Waals surface area contributed by atoms with Crippen molar-refractivity contribution in [3.63, 3.8) is 0 Å². The van der Waals surface area contributed by atoms with Crippen molar-refractivity contribution >= 4 is 47.0 Å². The first-order chi connectivity index (χ1) is 13.4. The van der Waals surface area contributed by atoms with E-state index in [1.54, 1.807) is 29.2 Å². The second-order valence-electron chi connectivity index (χ2n) is 6.49. The molecule has 1 aliphatic rings. The number of halogens is 2. The van der Waals surface area contributed by atoms with Crippen molar-refractivity contribution in [1.29, 1.82) is 0 Å². The fourth-order valence-corrected chi connectivity index (χ4v) is 3.61. The van der Waals surface area contributed by atoms with Gasteiger partial charge < -0.3 is 10.1 Å². The van der Waals surface area contributed by atoms with E-state index in [0.29, 0.717) is 22.2 Å². The first-order valence-electron chi connectivity index (χ1n) is 8.81. The Hall–Kier alpha value is -2.50. The largest absolute Gasteiger partial charge is 0.452 e. The first-order valence-corrected chi connectivity index (χ1v) is 9.56. The second-order valence-corrected chi connectivity index (χ2v) is 7.33. The molecular formula is C21H20Cl2N2O3. The number of carbonyl (C=O) groups is 2. The van der Waals surface area contributed by atoms with Crippen molar-refractivity contribution in [1.82, 2.24) is 5.32 Å². The molecule has 2 aromatic carbocycles. The monoisotopic (exact) mass is 418 g/mol. The third kappa shape index (κ3) is 4.49. The van der Waals surface area contributed by atoms with Crippen molar-refractivity contribution in [3.8, 4) is 0 Å². The Morgan fingerprint density at radius 3 is 2.71 bits per heavy atom. The molecule has 0 radical (unpaired) electrons. The van der Waals surface area contributed by atoms with Gasteiger partial charge in [0.1, 0.15) is 0 Å². The Balaban J connectivity index is 1.66. The summed E-state index contributed by atoms with van der Waals surface area (Å²) in [5, 5.41) is 3.96. The zero-order chi connectivity index (χ0) is 20.3. The molecule has 0 saturated carbocycles. The summed E-state index contributed by atoms with van der Waals surface area (Å²) in [4.78, 5) is 25.7. The minimum absolute atomic E-state index is 0.185. The average molecular weight is 419 g/mol. The summed E-state index contributed by atoms with van der Waals surface area (Å²) in [6.07, 6.45) is 3.49. The van der Waals surface area contributed by atoms with E-state index in [-0.39, 0.29) is 18.0 Å². The van der Waals surface area contributed by atoms with Crippen LogP contribution in [0, 0.1) is 0 Å². The molecule has 28 heavy (non-hydrogen) atoms. The molecule has 0 fully saturated rings. The number of fused-ring (bicyclic) bond motifs is 1. The first kappa shape index (κ1) is 20.2. The van der Waals surface area contributed by atoms with Crippen LogP contribution in [0.1, 0.15) is 29.7 Å². The van der Waals surface area contributed by atoms with Gasteiger partial charge in [0.2, 0.25) is 5.91 Å². The summed E-state index contributed by atoms with van der Waals surface area (Å²) in [6.45, 7) is 2.51. The maximum atomic E-state index is 12.3. The van der Waals surface area contributed by atoms with Crippen LogP contribution in [0.25, 0.3) is 6.08 Å². The second kappa shape index (κ2) is 8.67. The van der Waals surface area contributed by atoms with Gasteiger partial charge in [0, 0.05) is 22.7 Å². The molecule has 1 aliphatic heterocycles. The summed E-state index contributed by atoms with van der Waals surface area (Å²) in [7, 11) is 1.37. The maximum absolute atomic E-state index is 12.3. The fraction of sp³-hybridized carbons (Fsp3) is 0.238. The fourth-order valence-electron chi connectivity index (χ4n) is 3.14. The van der Waals surface area contributed by atoms with Gasteiger partial charge in [0.25, 0.3) is 0 Å². The molecule has 146 valence electrons. The lowest BCUT2D eigenvalue weighted by Crippen LogP contribution is -2.28. The van der Waals surface area contributed by atoms with Crippen LogP contribution in [-0.4, -0.2) is 25.7 Å². The van der Waals surface area contributed by atoms with Crippen molar-refractivity contribution in [2.45, 2.75) is 19.4 Å². The van der Waals surface area contributed by atoms with E-state index in [1.807, 2.05) is 25.1 Å². The Bertz CT molecular complexity index is 943. The highest BCUT2D eigenvalue weighted by molar-refractivity contribution is 6.35. The van der Waals surface area contributed by atoms with Crippen LogP contribution in [0.15, 0.2) is 42.5 Å². The normalized spacial score (nSPS) is 14.1. The van der Waals surface area contributed by atoms with Gasteiger partial charge in [-0.2, -0.15) is 0 Å². The Morgan fingerprint density at radius 2 is 2.00 bits per heavy atom. The van der Waals surface area contributed by atoms with E-state index in [1.165, 1.54) is 13.2 Å². The van der Waals surface area contributed by atoms with Gasteiger partial charge in [-0.25, -0.2) is 4.79 Å². The molecule has 1 N–H and O–H groups in total. The van der Waals surface area contributed by atoms with Gasteiger partial charge in [-0.15, -0.1) is 0 Å². The zero-order valence-electron chi connectivity index (χ0n) is 15.5. The molecule has 0 spiro atoms. The van der Waals surface area contributed by atoms with Gasteiger partial charge in [-0.3, -0.25) is 9.69 Å². The summed E-state index contributed by atoms with van der Waals surface area (Å²) in [5.41, 5.74) is 3.60. The van der Waals surface area contributed by atoms with Crippen molar-refractivity contribution < 1.29 is 14.3 Å². The number of methoxy groups -OCH3 is 1.